The van der Waals surface area contributed by atoms with E-state index in [4.69, 9.17) is 44.1 Å². The van der Waals surface area contributed by atoms with Crippen LogP contribution in [0.3, 0.4) is 0 Å². The Labute approximate surface area is 235 Å². The van der Waals surface area contributed by atoms with Gasteiger partial charge in [-0.05, 0) is 72.7 Å². The maximum Gasteiger partial charge on any atom is 0.335 e. The lowest BCUT2D eigenvalue weighted by Gasteiger charge is -2.16. The first-order valence-corrected chi connectivity index (χ1v) is 13.6. The molecule has 2 atom stereocenters. The smallest absolute Gasteiger partial charge is 0.335 e. The molecule has 3 aromatic carbocycles. The highest BCUT2D eigenvalue weighted by Crippen LogP contribution is 2.61. The van der Waals surface area contributed by atoms with Crippen LogP contribution in [0.2, 0.25) is 15.1 Å². The molecule has 0 amide bonds. The molecule has 0 radical (unpaired) electrons. The zero-order valence-corrected chi connectivity index (χ0v) is 22.8. The summed E-state index contributed by atoms with van der Waals surface area (Å²) in [6.45, 7) is 2.40. The fourth-order valence-electron chi connectivity index (χ4n) is 5.29. The summed E-state index contributed by atoms with van der Waals surface area (Å²) in [5, 5.41) is 15.3. The third-order valence-corrected chi connectivity index (χ3v) is 8.62. The number of ether oxygens (including phenoxy) is 1. The van der Waals surface area contributed by atoms with Crippen molar-refractivity contribution >= 4 is 40.8 Å². The van der Waals surface area contributed by atoms with E-state index < -0.39 is 5.97 Å². The summed E-state index contributed by atoms with van der Waals surface area (Å²) in [5.74, 6) is 1.05. The number of nitrogens with zero attached hydrogens (tertiary/aromatic N) is 1. The van der Waals surface area contributed by atoms with E-state index in [1.165, 1.54) is 0 Å². The summed E-state index contributed by atoms with van der Waals surface area (Å²) in [6.07, 6.45) is 2.99. The van der Waals surface area contributed by atoms with Crippen molar-refractivity contribution in [3.8, 4) is 17.0 Å². The van der Waals surface area contributed by atoms with Gasteiger partial charge in [0.15, 0.2) is 0 Å². The molecule has 5 nitrogen and oxygen atoms in total. The lowest BCUT2D eigenvalue weighted by atomic mass is 9.92. The van der Waals surface area contributed by atoms with E-state index in [0.29, 0.717) is 43.6 Å². The van der Waals surface area contributed by atoms with Gasteiger partial charge in [-0.3, -0.25) is 0 Å². The van der Waals surface area contributed by atoms with E-state index in [9.17, 15) is 9.90 Å². The van der Waals surface area contributed by atoms with E-state index in [1.807, 2.05) is 24.3 Å². The molecular formula is C30H24Cl3NO4. The molecule has 1 aromatic heterocycles. The summed E-state index contributed by atoms with van der Waals surface area (Å²) >= 11 is 19.7. The highest BCUT2D eigenvalue weighted by atomic mass is 35.5. The van der Waals surface area contributed by atoms with Crippen LogP contribution in [0.1, 0.15) is 70.8 Å². The number of halogens is 3. The molecule has 0 spiro atoms. The average Bonchev–Trinajstić information content (AvgIpc) is 3.81. The summed E-state index contributed by atoms with van der Waals surface area (Å²) < 4.78 is 11.9. The summed E-state index contributed by atoms with van der Waals surface area (Å²) in [6, 6.07) is 18.2. The minimum atomic E-state index is -0.925. The Kier molecular flexibility index (Phi) is 6.42. The van der Waals surface area contributed by atoms with Crippen LogP contribution in [0.5, 0.6) is 5.75 Å². The summed E-state index contributed by atoms with van der Waals surface area (Å²) in [4.78, 5) is 11.4. The van der Waals surface area contributed by atoms with E-state index in [2.05, 4.69) is 12.1 Å². The topological polar surface area (TPSA) is 72.6 Å². The molecule has 1 heterocycles. The fraction of sp³-hybridized carbons (Fsp3) is 0.267. The molecule has 38 heavy (non-hydrogen) atoms. The molecule has 0 saturated heterocycles. The first-order valence-electron chi connectivity index (χ1n) is 12.4. The number of hydrogen-bond acceptors (Lipinski definition) is 4. The number of carboxylic acid groups (broad SMARTS) is 1. The second kappa shape index (κ2) is 9.64. The van der Waals surface area contributed by atoms with Gasteiger partial charge in [-0.15, -0.1) is 0 Å². The van der Waals surface area contributed by atoms with E-state index >= 15 is 0 Å². The van der Waals surface area contributed by atoms with Gasteiger partial charge in [-0.2, -0.15) is 0 Å². The zero-order chi connectivity index (χ0) is 26.6. The van der Waals surface area contributed by atoms with Gasteiger partial charge in [0.1, 0.15) is 23.8 Å². The molecule has 2 unspecified atom stereocenters. The van der Waals surface area contributed by atoms with Crippen molar-refractivity contribution in [1.82, 2.24) is 5.16 Å². The molecule has 2 saturated carbocycles. The van der Waals surface area contributed by atoms with Crippen LogP contribution in [-0.2, 0) is 12.0 Å². The Balaban J connectivity index is 1.23. The second-order valence-electron chi connectivity index (χ2n) is 10.3. The van der Waals surface area contributed by atoms with E-state index in [1.54, 1.807) is 36.4 Å². The molecular weight excluding hydrogens is 545 g/mol. The molecule has 194 valence electrons. The maximum atomic E-state index is 11.4. The first kappa shape index (κ1) is 25.3. The molecule has 4 aromatic rings. The molecule has 6 rings (SSSR count). The van der Waals surface area contributed by atoms with Gasteiger partial charge in [0.25, 0.3) is 0 Å². The van der Waals surface area contributed by atoms with Gasteiger partial charge < -0.3 is 14.4 Å². The van der Waals surface area contributed by atoms with Crippen LogP contribution in [0.4, 0.5) is 0 Å². The molecule has 2 aliphatic carbocycles. The van der Waals surface area contributed by atoms with Gasteiger partial charge in [0.2, 0.25) is 0 Å². The van der Waals surface area contributed by atoms with Gasteiger partial charge in [-0.25, -0.2) is 4.79 Å². The molecule has 0 bridgehead atoms. The third kappa shape index (κ3) is 4.57. The predicted octanol–water partition coefficient (Wildman–Crippen LogP) is 8.90. The molecule has 0 aliphatic heterocycles. The van der Waals surface area contributed by atoms with Crippen LogP contribution in [0.15, 0.2) is 65.2 Å². The number of aromatic carboxylic acids is 1. The van der Waals surface area contributed by atoms with E-state index in [0.717, 1.165) is 41.7 Å². The molecule has 2 fully saturated rings. The normalized spacial score (nSPS) is 20.4. The number of aromatic nitrogens is 1. The highest BCUT2D eigenvalue weighted by Gasteiger charge is 2.53. The second-order valence-corrected chi connectivity index (χ2v) is 11.5. The van der Waals surface area contributed by atoms with Crippen LogP contribution >= 0.6 is 34.8 Å². The zero-order valence-electron chi connectivity index (χ0n) is 20.5. The van der Waals surface area contributed by atoms with Gasteiger partial charge in [-0.1, -0.05) is 71.1 Å². The van der Waals surface area contributed by atoms with Crippen molar-refractivity contribution in [2.45, 2.75) is 50.0 Å². The van der Waals surface area contributed by atoms with Crippen molar-refractivity contribution in [2.24, 2.45) is 0 Å². The van der Waals surface area contributed by atoms with Crippen LogP contribution < -0.4 is 4.74 Å². The van der Waals surface area contributed by atoms with Crippen molar-refractivity contribution < 1.29 is 19.2 Å². The van der Waals surface area contributed by atoms with E-state index in [-0.39, 0.29) is 17.9 Å². The fourth-order valence-corrected chi connectivity index (χ4v) is 6.25. The van der Waals surface area contributed by atoms with Crippen LogP contribution in [0.25, 0.3) is 11.3 Å². The standard InChI is InChI=1S/C30H24Cl3NO4/c1-30(14-22(30)17-4-2-5-18(12-17)29(35)36)21-11-10-19(13-25(21)33)37-15-20-27(34-38-28(20)16-8-9-16)26-23(31)6-3-7-24(26)32/h2-7,10-13,16,22H,8-9,14-15H2,1H3,(H,35,36). The molecule has 1 N–H and O–H groups in total. The number of carbonyl (C=O) groups is 1. The van der Waals surface area contributed by atoms with Crippen LogP contribution in [0, 0.1) is 0 Å². The number of rotatable bonds is 8. The van der Waals surface area contributed by atoms with Crippen molar-refractivity contribution in [3.63, 3.8) is 0 Å². The Morgan fingerprint density at radius 3 is 2.47 bits per heavy atom. The molecule has 8 heteroatoms. The maximum absolute atomic E-state index is 11.4. The van der Waals surface area contributed by atoms with Crippen molar-refractivity contribution in [1.29, 1.82) is 0 Å². The Hall–Kier alpha value is -2.99. The SMILES string of the molecule is CC1(c2ccc(OCc3c(-c4c(Cl)cccc4Cl)noc3C3CC3)cc2Cl)CC1c1cccc(C(=O)O)c1. The quantitative estimate of drug-likeness (QED) is 0.230. The van der Waals surface area contributed by atoms with Gasteiger partial charge >= 0.3 is 5.97 Å². The first-order chi connectivity index (χ1) is 18.3. The largest absolute Gasteiger partial charge is 0.489 e. The lowest BCUT2D eigenvalue weighted by molar-refractivity contribution is 0.0696. The number of carboxylic acids is 1. The van der Waals surface area contributed by atoms with Crippen molar-refractivity contribution in [3.05, 3.63) is 104 Å². The molecule has 2 aliphatic rings. The highest BCUT2D eigenvalue weighted by molar-refractivity contribution is 6.39. The minimum Gasteiger partial charge on any atom is -0.489 e. The predicted molar refractivity (Wildman–Crippen MR) is 148 cm³/mol. The minimum absolute atomic E-state index is 0.172. The lowest BCUT2D eigenvalue weighted by Crippen LogP contribution is -2.06. The van der Waals surface area contributed by atoms with Gasteiger partial charge in [0, 0.05) is 21.9 Å². The monoisotopic (exact) mass is 567 g/mol. The Bertz CT molecular complexity index is 1540. The number of hydrogen-bond donors (Lipinski definition) is 1. The Morgan fingerprint density at radius 1 is 1.05 bits per heavy atom. The Morgan fingerprint density at radius 2 is 1.79 bits per heavy atom. The van der Waals surface area contributed by atoms with Crippen molar-refractivity contribution in [2.75, 3.05) is 0 Å². The van der Waals surface area contributed by atoms with Crippen LogP contribution in [-0.4, -0.2) is 16.2 Å². The third-order valence-electron chi connectivity index (χ3n) is 7.68. The summed E-state index contributed by atoms with van der Waals surface area (Å²) in [7, 11) is 0. The summed E-state index contributed by atoms with van der Waals surface area (Å²) in [5.41, 5.74) is 4.23. The van der Waals surface area contributed by atoms with Gasteiger partial charge in [0.05, 0.1) is 21.2 Å². The number of benzene rings is 3. The average molecular weight is 569 g/mol.